The Labute approximate surface area is 215 Å². The van der Waals surface area contributed by atoms with E-state index in [0.717, 1.165) is 16.7 Å². The number of pyridine rings is 1. The summed E-state index contributed by atoms with van der Waals surface area (Å²) < 4.78 is 20.0. The van der Waals surface area contributed by atoms with E-state index in [-0.39, 0.29) is 29.9 Å². The van der Waals surface area contributed by atoms with Crippen LogP contribution in [-0.4, -0.2) is 30.7 Å². The van der Waals surface area contributed by atoms with Crippen LogP contribution in [0.1, 0.15) is 36.0 Å². The molecule has 0 saturated carbocycles. The Kier molecular flexibility index (Phi) is 5.67. The molecular formula is C31H27FN2O3. The van der Waals surface area contributed by atoms with Gasteiger partial charge in [-0.3, -0.25) is 0 Å². The van der Waals surface area contributed by atoms with Gasteiger partial charge in [0.15, 0.2) is 6.20 Å². The zero-order valence-electron chi connectivity index (χ0n) is 20.6. The van der Waals surface area contributed by atoms with Gasteiger partial charge in [0.2, 0.25) is 5.69 Å². The summed E-state index contributed by atoms with van der Waals surface area (Å²) in [7, 11) is 0. The lowest BCUT2D eigenvalue weighted by Gasteiger charge is -2.25. The average molecular weight is 495 g/mol. The summed E-state index contributed by atoms with van der Waals surface area (Å²) in [5.74, 6) is -0.330. The molecule has 37 heavy (non-hydrogen) atoms. The Morgan fingerprint density at radius 1 is 1.03 bits per heavy atom. The standard InChI is InChI=1S/C31H27FN2O3/c1-31(22-14-16-34(36)29(18-22)21-10-12-23(32)13-11-21)15-17-33(20-31)30(35)37-19-28-26-8-4-2-6-24(26)25-7-3-5-9-27(25)28/h2-14,16,18,28H,15,17,19-20H2,1H3. The summed E-state index contributed by atoms with van der Waals surface area (Å²) >= 11 is 0. The number of nitrogens with zero attached hydrogens (tertiary/aromatic N) is 2. The molecule has 6 rings (SSSR count). The van der Waals surface area contributed by atoms with Crippen molar-refractivity contribution in [3.8, 4) is 22.4 Å². The van der Waals surface area contributed by atoms with E-state index in [2.05, 4.69) is 31.2 Å². The number of likely N-dealkylation sites (tertiary alicyclic amines) is 1. The van der Waals surface area contributed by atoms with E-state index >= 15 is 0 Å². The molecule has 1 aromatic heterocycles. The van der Waals surface area contributed by atoms with Crippen LogP contribution in [0.3, 0.4) is 0 Å². The number of carbonyl (C=O) groups excluding carboxylic acids is 1. The fraction of sp³-hybridized carbons (Fsp3) is 0.226. The molecule has 2 aliphatic rings. The zero-order chi connectivity index (χ0) is 25.6. The van der Waals surface area contributed by atoms with Crippen molar-refractivity contribution in [3.63, 3.8) is 0 Å². The highest BCUT2D eigenvalue weighted by molar-refractivity contribution is 5.79. The van der Waals surface area contributed by atoms with Gasteiger partial charge in [0.1, 0.15) is 12.4 Å². The van der Waals surface area contributed by atoms with Crippen molar-refractivity contribution in [1.29, 1.82) is 0 Å². The third kappa shape index (κ3) is 4.12. The van der Waals surface area contributed by atoms with Crippen LogP contribution in [0.5, 0.6) is 0 Å². The lowest BCUT2D eigenvalue weighted by atomic mass is 9.81. The van der Waals surface area contributed by atoms with Crippen molar-refractivity contribution in [2.75, 3.05) is 19.7 Å². The van der Waals surface area contributed by atoms with Crippen LogP contribution in [0.4, 0.5) is 9.18 Å². The van der Waals surface area contributed by atoms with Crippen molar-refractivity contribution >= 4 is 6.09 Å². The second-order valence-corrected chi connectivity index (χ2v) is 10.2. The van der Waals surface area contributed by atoms with Gasteiger partial charge in [0.05, 0.1) is 0 Å². The number of ether oxygens (including phenoxy) is 1. The van der Waals surface area contributed by atoms with E-state index in [0.29, 0.717) is 24.3 Å². The molecule has 1 aliphatic carbocycles. The van der Waals surface area contributed by atoms with E-state index in [1.165, 1.54) is 40.6 Å². The van der Waals surface area contributed by atoms with Gasteiger partial charge >= 0.3 is 6.09 Å². The molecule has 0 bridgehead atoms. The van der Waals surface area contributed by atoms with E-state index in [1.54, 1.807) is 23.1 Å². The highest BCUT2D eigenvalue weighted by atomic mass is 19.1. The number of hydrogen-bond acceptors (Lipinski definition) is 3. The zero-order valence-corrected chi connectivity index (χ0v) is 20.6. The molecule has 1 aliphatic heterocycles. The molecule has 2 heterocycles. The lowest BCUT2D eigenvalue weighted by molar-refractivity contribution is -0.593. The Balaban J connectivity index is 1.17. The van der Waals surface area contributed by atoms with E-state index in [9.17, 15) is 14.4 Å². The minimum Gasteiger partial charge on any atom is -0.618 e. The molecule has 0 spiro atoms. The third-order valence-corrected chi connectivity index (χ3v) is 7.82. The van der Waals surface area contributed by atoms with Crippen LogP contribution >= 0.6 is 0 Å². The molecule has 6 heteroatoms. The highest BCUT2D eigenvalue weighted by Crippen LogP contribution is 2.44. The van der Waals surface area contributed by atoms with Crippen LogP contribution in [-0.2, 0) is 10.2 Å². The number of rotatable bonds is 4. The SMILES string of the molecule is CC1(c2cc[n+]([O-])c(-c3ccc(F)cc3)c2)CCN(C(=O)OCC2c3ccccc3-c3ccccc32)C1. The number of carbonyl (C=O) groups is 1. The number of aromatic nitrogens is 1. The number of halogens is 1. The summed E-state index contributed by atoms with van der Waals surface area (Å²) in [6, 6.07) is 26.1. The van der Waals surface area contributed by atoms with Crippen LogP contribution in [0, 0.1) is 11.0 Å². The molecule has 1 amide bonds. The molecule has 1 unspecified atom stereocenters. The van der Waals surface area contributed by atoms with E-state index in [4.69, 9.17) is 4.74 Å². The van der Waals surface area contributed by atoms with E-state index < -0.39 is 0 Å². The van der Waals surface area contributed by atoms with Gasteiger partial charge in [0, 0.05) is 42.1 Å². The number of benzene rings is 3. The smallest absolute Gasteiger partial charge is 0.409 e. The quantitative estimate of drug-likeness (QED) is 0.257. The molecule has 0 radical (unpaired) electrons. The minimum absolute atomic E-state index is 0.0187. The summed E-state index contributed by atoms with van der Waals surface area (Å²) in [6.45, 7) is 3.46. The van der Waals surface area contributed by atoms with Gasteiger partial charge in [-0.1, -0.05) is 55.5 Å². The van der Waals surface area contributed by atoms with Crippen molar-refractivity contribution in [2.24, 2.45) is 0 Å². The second-order valence-electron chi connectivity index (χ2n) is 10.2. The van der Waals surface area contributed by atoms with Gasteiger partial charge in [-0.2, -0.15) is 4.73 Å². The Morgan fingerprint density at radius 3 is 2.35 bits per heavy atom. The average Bonchev–Trinajstić information content (AvgIpc) is 3.47. The normalized spacial score (nSPS) is 18.5. The fourth-order valence-corrected chi connectivity index (χ4v) is 5.73. The monoisotopic (exact) mass is 494 g/mol. The first kappa shape index (κ1) is 23.2. The lowest BCUT2D eigenvalue weighted by Crippen LogP contribution is -2.35. The van der Waals surface area contributed by atoms with Gasteiger partial charge in [-0.15, -0.1) is 0 Å². The predicted molar refractivity (Wildman–Crippen MR) is 139 cm³/mol. The summed E-state index contributed by atoms with van der Waals surface area (Å²) in [5.41, 5.74) is 6.51. The molecule has 1 saturated heterocycles. The molecular weight excluding hydrogens is 467 g/mol. The van der Waals surface area contributed by atoms with Gasteiger partial charge < -0.3 is 14.8 Å². The minimum atomic E-state index is -0.348. The fourth-order valence-electron chi connectivity index (χ4n) is 5.73. The Bertz CT molecular complexity index is 1440. The maximum atomic E-state index is 13.4. The molecule has 3 aromatic carbocycles. The van der Waals surface area contributed by atoms with Crippen molar-refractivity contribution in [1.82, 2.24) is 4.90 Å². The van der Waals surface area contributed by atoms with Gasteiger partial charge in [0.25, 0.3) is 0 Å². The van der Waals surface area contributed by atoms with Crippen LogP contribution in [0.15, 0.2) is 91.1 Å². The van der Waals surface area contributed by atoms with Crippen molar-refractivity contribution in [3.05, 3.63) is 119 Å². The molecule has 0 N–H and O–H groups in total. The molecule has 1 fully saturated rings. The van der Waals surface area contributed by atoms with Crippen LogP contribution in [0.2, 0.25) is 0 Å². The van der Waals surface area contributed by atoms with Gasteiger partial charge in [-0.05, 0) is 58.5 Å². The predicted octanol–water partition coefficient (Wildman–Crippen LogP) is 6.04. The first-order chi connectivity index (χ1) is 17.9. The highest BCUT2D eigenvalue weighted by Gasteiger charge is 2.39. The first-order valence-corrected chi connectivity index (χ1v) is 12.5. The summed E-state index contributed by atoms with van der Waals surface area (Å²) in [5, 5.41) is 12.5. The number of fused-ring (bicyclic) bond motifs is 3. The Hall–Kier alpha value is -4.19. The Morgan fingerprint density at radius 2 is 1.68 bits per heavy atom. The number of amides is 1. The molecule has 5 nitrogen and oxygen atoms in total. The summed E-state index contributed by atoms with van der Waals surface area (Å²) in [6.07, 6.45) is 1.91. The van der Waals surface area contributed by atoms with Gasteiger partial charge in [-0.25, -0.2) is 9.18 Å². The van der Waals surface area contributed by atoms with Crippen molar-refractivity contribution in [2.45, 2.75) is 24.7 Å². The number of hydrogen-bond donors (Lipinski definition) is 0. The largest absolute Gasteiger partial charge is 0.618 e. The topological polar surface area (TPSA) is 56.5 Å². The molecule has 186 valence electrons. The molecule has 4 aromatic rings. The van der Waals surface area contributed by atoms with Crippen LogP contribution in [0.25, 0.3) is 22.4 Å². The maximum absolute atomic E-state index is 13.4. The third-order valence-electron chi connectivity index (χ3n) is 7.82. The van der Waals surface area contributed by atoms with Crippen molar-refractivity contribution < 1.29 is 18.7 Å². The van der Waals surface area contributed by atoms with Crippen LogP contribution < -0.4 is 4.73 Å². The summed E-state index contributed by atoms with van der Waals surface area (Å²) in [4.78, 5) is 14.9. The van der Waals surface area contributed by atoms with E-state index in [1.807, 2.05) is 30.3 Å². The first-order valence-electron chi connectivity index (χ1n) is 12.5. The molecule has 1 atom stereocenters. The second kappa shape index (κ2) is 9.04. The maximum Gasteiger partial charge on any atom is 0.409 e.